The Bertz CT molecular complexity index is 1350. The normalized spacial score (nSPS) is 12.0. The highest BCUT2D eigenvalue weighted by molar-refractivity contribution is 8.00. The van der Waals surface area contributed by atoms with Crippen LogP contribution in [0.25, 0.3) is 16.7 Å². The first-order valence-corrected chi connectivity index (χ1v) is 9.68. The maximum absolute atomic E-state index is 12.7. The number of carbonyl (C=O) groups is 1. The second-order valence-corrected chi connectivity index (χ2v) is 7.71. The molecule has 1 atom stereocenters. The van der Waals surface area contributed by atoms with E-state index in [9.17, 15) is 14.9 Å². The SMILES string of the molecule is CC(Sc1nnc2n(C)c(=O)c3ccccc3n12)C(=O)Nc1ccccc1C#N. The zero-order valence-electron chi connectivity index (χ0n) is 15.7. The van der Waals surface area contributed by atoms with Gasteiger partial charge in [0.2, 0.25) is 11.7 Å². The lowest BCUT2D eigenvalue weighted by Gasteiger charge is -2.12. The molecule has 4 rings (SSSR count). The summed E-state index contributed by atoms with van der Waals surface area (Å²) in [7, 11) is 1.64. The Hall–Kier alpha value is -3.64. The average Bonchev–Trinajstić information content (AvgIpc) is 3.16. The first-order chi connectivity index (χ1) is 14.0. The van der Waals surface area contributed by atoms with Crippen LogP contribution in [0.3, 0.4) is 0 Å². The van der Waals surface area contributed by atoms with Crippen molar-refractivity contribution in [2.75, 3.05) is 5.32 Å². The van der Waals surface area contributed by atoms with Crippen molar-refractivity contribution < 1.29 is 4.79 Å². The van der Waals surface area contributed by atoms with Crippen LogP contribution in [0.5, 0.6) is 0 Å². The molecule has 0 radical (unpaired) electrons. The number of fused-ring (bicyclic) bond motifs is 3. The number of amides is 1. The lowest BCUT2D eigenvalue weighted by Crippen LogP contribution is -2.23. The monoisotopic (exact) mass is 404 g/mol. The van der Waals surface area contributed by atoms with Crippen LogP contribution in [0.1, 0.15) is 12.5 Å². The quantitative estimate of drug-likeness (QED) is 0.524. The van der Waals surface area contributed by atoms with Crippen LogP contribution in [0.4, 0.5) is 5.69 Å². The van der Waals surface area contributed by atoms with Gasteiger partial charge in [-0.15, -0.1) is 10.2 Å². The van der Waals surface area contributed by atoms with E-state index in [1.165, 1.54) is 16.3 Å². The molecule has 0 saturated heterocycles. The molecular weight excluding hydrogens is 388 g/mol. The number of nitriles is 1. The Labute approximate surface area is 169 Å². The predicted octanol–water partition coefficient (Wildman–Crippen LogP) is 2.57. The van der Waals surface area contributed by atoms with Crippen LogP contribution in [-0.4, -0.2) is 30.3 Å². The summed E-state index contributed by atoms with van der Waals surface area (Å²) in [6.07, 6.45) is 0. The van der Waals surface area contributed by atoms with Crippen LogP contribution >= 0.6 is 11.8 Å². The second-order valence-electron chi connectivity index (χ2n) is 6.41. The third-order valence-electron chi connectivity index (χ3n) is 4.55. The molecular formula is C20H16N6O2S. The van der Waals surface area contributed by atoms with Gasteiger partial charge in [0.1, 0.15) is 6.07 Å². The molecule has 0 aliphatic rings. The van der Waals surface area contributed by atoms with Gasteiger partial charge < -0.3 is 5.32 Å². The van der Waals surface area contributed by atoms with E-state index in [2.05, 4.69) is 21.6 Å². The first kappa shape index (κ1) is 18.7. The highest BCUT2D eigenvalue weighted by Crippen LogP contribution is 2.26. The first-order valence-electron chi connectivity index (χ1n) is 8.80. The van der Waals surface area contributed by atoms with E-state index in [4.69, 9.17) is 0 Å². The standard InChI is InChI=1S/C20H16N6O2S/c1-12(17(27)22-15-9-5-3-7-13(15)11-21)29-20-24-23-19-25(2)18(28)14-8-4-6-10-16(14)26(19)20/h3-10,12H,1-2H3,(H,22,27). The lowest BCUT2D eigenvalue weighted by atomic mass is 10.2. The van der Waals surface area contributed by atoms with E-state index in [0.29, 0.717) is 33.1 Å². The van der Waals surface area contributed by atoms with E-state index in [1.54, 1.807) is 54.8 Å². The number of rotatable bonds is 4. The van der Waals surface area contributed by atoms with Crippen LogP contribution < -0.4 is 10.9 Å². The van der Waals surface area contributed by atoms with Crippen LogP contribution in [-0.2, 0) is 11.8 Å². The van der Waals surface area contributed by atoms with Crippen molar-refractivity contribution in [3.8, 4) is 6.07 Å². The van der Waals surface area contributed by atoms with Gasteiger partial charge in [-0.3, -0.25) is 18.6 Å². The Balaban J connectivity index is 1.69. The van der Waals surface area contributed by atoms with Crippen molar-refractivity contribution in [2.45, 2.75) is 17.3 Å². The Kier molecular flexibility index (Phi) is 4.78. The fourth-order valence-corrected chi connectivity index (χ4v) is 3.88. The molecule has 9 heteroatoms. The summed E-state index contributed by atoms with van der Waals surface area (Å²) in [4.78, 5) is 25.2. The van der Waals surface area contributed by atoms with E-state index in [-0.39, 0.29) is 11.5 Å². The minimum atomic E-state index is -0.509. The van der Waals surface area contributed by atoms with E-state index in [1.807, 2.05) is 12.1 Å². The molecule has 8 nitrogen and oxygen atoms in total. The number of aryl methyl sites for hydroxylation is 1. The summed E-state index contributed by atoms with van der Waals surface area (Å²) < 4.78 is 3.21. The molecule has 0 spiro atoms. The maximum atomic E-state index is 12.7. The lowest BCUT2D eigenvalue weighted by molar-refractivity contribution is -0.115. The molecule has 4 aromatic rings. The van der Waals surface area contributed by atoms with Crippen molar-refractivity contribution >= 4 is 40.0 Å². The molecule has 1 amide bonds. The van der Waals surface area contributed by atoms with Crippen molar-refractivity contribution in [1.82, 2.24) is 19.2 Å². The molecule has 2 aromatic carbocycles. The fraction of sp³-hybridized carbons (Fsp3) is 0.150. The molecule has 0 aliphatic carbocycles. The Morgan fingerprint density at radius 1 is 1.17 bits per heavy atom. The number of nitrogens with one attached hydrogen (secondary N) is 1. The van der Waals surface area contributed by atoms with Gasteiger partial charge >= 0.3 is 0 Å². The maximum Gasteiger partial charge on any atom is 0.262 e. The average molecular weight is 404 g/mol. The largest absolute Gasteiger partial charge is 0.324 e. The van der Waals surface area contributed by atoms with Crippen molar-refractivity contribution in [3.63, 3.8) is 0 Å². The Morgan fingerprint density at radius 3 is 2.69 bits per heavy atom. The number of para-hydroxylation sites is 2. The van der Waals surface area contributed by atoms with Crippen LogP contribution in [0.15, 0.2) is 58.5 Å². The number of hydrogen-bond donors (Lipinski definition) is 1. The molecule has 1 N–H and O–H groups in total. The summed E-state index contributed by atoms with van der Waals surface area (Å²) in [6, 6.07) is 16.1. The molecule has 1 unspecified atom stereocenters. The number of hydrogen-bond acceptors (Lipinski definition) is 6. The predicted molar refractivity (Wildman–Crippen MR) is 111 cm³/mol. The summed E-state index contributed by atoms with van der Waals surface area (Å²) in [5.74, 6) is 0.141. The van der Waals surface area contributed by atoms with Crippen LogP contribution in [0.2, 0.25) is 0 Å². The van der Waals surface area contributed by atoms with Crippen molar-refractivity contribution in [1.29, 1.82) is 5.26 Å². The summed E-state index contributed by atoms with van der Waals surface area (Å²) in [5.41, 5.74) is 1.38. The zero-order chi connectivity index (χ0) is 20.5. The van der Waals surface area contributed by atoms with Gasteiger partial charge in [-0.1, -0.05) is 36.0 Å². The molecule has 2 aromatic heterocycles. The Morgan fingerprint density at radius 2 is 1.90 bits per heavy atom. The van der Waals surface area contributed by atoms with E-state index in [0.717, 1.165) is 0 Å². The van der Waals surface area contributed by atoms with Gasteiger partial charge in [0.05, 0.1) is 27.4 Å². The number of carbonyl (C=O) groups excluding carboxylic acids is 1. The highest BCUT2D eigenvalue weighted by Gasteiger charge is 2.21. The van der Waals surface area contributed by atoms with Gasteiger partial charge in [-0.25, -0.2) is 0 Å². The summed E-state index contributed by atoms with van der Waals surface area (Å²) >= 11 is 1.23. The fourth-order valence-electron chi connectivity index (χ4n) is 3.02. The van der Waals surface area contributed by atoms with Gasteiger partial charge in [-0.2, -0.15) is 5.26 Å². The zero-order valence-corrected chi connectivity index (χ0v) is 16.5. The number of anilines is 1. The third-order valence-corrected chi connectivity index (χ3v) is 5.60. The van der Waals surface area contributed by atoms with Gasteiger partial charge in [0.15, 0.2) is 5.16 Å². The van der Waals surface area contributed by atoms with Crippen molar-refractivity contribution in [3.05, 3.63) is 64.4 Å². The molecule has 2 heterocycles. The third kappa shape index (κ3) is 3.23. The van der Waals surface area contributed by atoms with Gasteiger partial charge in [0, 0.05) is 7.05 Å². The molecule has 144 valence electrons. The van der Waals surface area contributed by atoms with E-state index < -0.39 is 5.25 Å². The number of nitrogens with zero attached hydrogens (tertiary/aromatic N) is 5. The minimum absolute atomic E-state index is 0.157. The van der Waals surface area contributed by atoms with Gasteiger partial charge in [-0.05, 0) is 31.2 Å². The summed E-state index contributed by atoms with van der Waals surface area (Å²) in [6.45, 7) is 1.75. The molecule has 0 aliphatic heterocycles. The summed E-state index contributed by atoms with van der Waals surface area (Å²) in [5, 5.41) is 20.8. The van der Waals surface area contributed by atoms with Crippen molar-refractivity contribution in [2.24, 2.45) is 7.05 Å². The highest BCUT2D eigenvalue weighted by atomic mass is 32.2. The smallest absolute Gasteiger partial charge is 0.262 e. The number of aromatic nitrogens is 4. The molecule has 29 heavy (non-hydrogen) atoms. The number of thioether (sulfide) groups is 1. The molecule has 0 fully saturated rings. The topological polar surface area (TPSA) is 105 Å². The molecule has 0 bridgehead atoms. The van der Waals surface area contributed by atoms with Gasteiger partial charge in [0.25, 0.3) is 5.56 Å². The molecule has 0 saturated carbocycles. The van der Waals surface area contributed by atoms with Crippen LogP contribution in [0, 0.1) is 11.3 Å². The van der Waals surface area contributed by atoms with E-state index >= 15 is 0 Å². The minimum Gasteiger partial charge on any atom is -0.324 e. The second kappa shape index (κ2) is 7.41. The number of benzene rings is 2.